The predicted molar refractivity (Wildman–Crippen MR) is 131 cm³/mol. The van der Waals surface area contributed by atoms with Gasteiger partial charge in [0.25, 0.3) is 0 Å². The van der Waals surface area contributed by atoms with Gasteiger partial charge in [0.2, 0.25) is 0 Å². The quantitative estimate of drug-likeness (QED) is 0.590. The molecule has 0 saturated heterocycles. The molecule has 2 N–H and O–H groups in total. The maximum atomic E-state index is 11.3. The molecule has 3 fully saturated rings. The summed E-state index contributed by atoms with van der Waals surface area (Å²) in [6.45, 7) is 14.9. The molecule has 3 nitrogen and oxygen atoms in total. The largest absolute Gasteiger partial charge is 0.393 e. The first-order chi connectivity index (χ1) is 14.4. The lowest BCUT2D eigenvalue weighted by Gasteiger charge is -2.67. The topological polar surface area (TPSA) is 35.5 Å². The molecule has 3 saturated carbocycles. The molecule has 4 aliphatic carbocycles. The van der Waals surface area contributed by atoms with Crippen LogP contribution in [0.1, 0.15) is 80.1 Å². The second-order valence-corrected chi connectivity index (χ2v) is 13.1. The number of aliphatic hydroxyl groups is 1. The van der Waals surface area contributed by atoms with Crippen molar-refractivity contribution in [3.63, 3.8) is 0 Å². The van der Waals surface area contributed by atoms with E-state index >= 15 is 0 Å². The number of fused-ring (bicyclic) bond motifs is 5. The van der Waals surface area contributed by atoms with Crippen LogP contribution < -0.4 is 5.32 Å². The molecule has 10 unspecified atom stereocenters. The molecule has 0 amide bonds. The fourth-order valence-corrected chi connectivity index (χ4v) is 10.2. The van der Waals surface area contributed by atoms with Crippen LogP contribution in [-0.4, -0.2) is 49.3 Å². The Balaban J connectivity index is 1.78. The van der Waals surface area contributed by atoms with E-state index in [2.05, 4.69) is 85.1 Å². The number of nitrogens with one attached hydrogen (secondary N) is 1. The molecule has 0 aromatic heterocycles. The number of hydrogen-bond donors (Lipinski definition) is 2. The zero-order chi connectivity index (χ0) is 23.0. The summed E-state index contributed by atoms with van der Waals surface area (Å²) < 4.78 is 0. The standard InChI is InChI=1S/C28H50N2O/c1-10-28-16-15-26(5)24(18(2)29-7)21(31)17-27(26,6)22(28)13-11-19-20(28)12-14-23(30(8)9)25(19,3)4/h15-16,18-24,29,31H,10-14,17H2,1-9H3. The Morgan fingerprint density at radius 2 is 1.68 bits per heavy atom. The lowest BCUT2D eigenvalue weighted by atomic mass is 9.38. The molecule has 0 aromatic rings. The highest BCUT2D eigenvalue weighted by atomic mass is 16.3. The average molecular weight is 431 g/mol. The van der Waals surface area contributed by atoms with Crippen LogP contribution in [0, 0.1) is 45.3 Å². The molecule has 0 radical (unpaired) electrons. The molecule has 31 heavy (non-hydrogen) atoms. The molecule has 4 rings (SSSR count). The third kappa shape index (κ3) is 2.94. The molecular formula is C28H50N2O. The minimum Gasteiger partial charge on any atom is -0.393 e. The van der Waals surface area contributed by atoms with E-state index in [0.717, 1.165) is 18.3 Å². The van der Waals surface area contributed by atoms with Gasteiger partial charge in [0, 0.05) is 18.0 Å². The summed E-state index contributed by atoms with van der Waals surface area (Å²) in [6, 6.07) is 1.01. The van der Waals surface area contributed by atoms with Gasteiger partial charge in [-0.05, 0) is 106 Å². The first kappa shape index (κ1) is 23.8. The SMILES string of the molecule is CCC12C=CC3(C)C(C(C)NC)C(O)CC3(C)C1CCC1C2CCC(N(C)C)C1(C)C. The molecule has 10 atom stereocenters. The zero-order valence-corrected chi connectivity index (χ0v) is 21.8. The van der Waals surface area contributed by atoms with E-state index < -0.39 is 0 Å². The fourth-order valence-electron chi connectivity index (χ4n) is 10.2. The van der Waals surface area contributed by atoms with Crippen molar-refractivity contribution in [3.05, 3.63) is 12.2 Å². The van der Waals surface area contributed by atoms with Crippen molar-refractivity contribution in [2.75, 3.05) is 21.1 Å². The van der Waals surface area contributed by atoms with Gasteiger partial charge in [0.15, 0.2) is 0 Å². The van der Waals surface area contributed by atoms with E-state index in [1.807, 2.05) is 0 Å². The summed E-state index contributed by atoms with van der Waals surface area (Å²) in [5.41, 5.74) is 0.873. The van der Waals surface area contributed by atoms with Crippen molar-refractivity contribution in [3.8, 4) is 0 Å². The number of allylic oxidation sites excluding steroid dienone is 2. The number of hydrogen-bond acceptors (Lipinski definition) is 3. The minimum absolute atomic E-state index is 0.0569. The normalized spacial score (nSPS) is 51.8. The summed E-state index contributed by atoms with van der Waals surface area (Å²) in [5.74, 6) is 2.53. The minimum atomic E-state index is -0.214. The van der Waals surface area contributed by atoms with Crippen LogP contribution in [0.2, 0.25) is 0 Å². The van der Waals surface area contributed by atoms with E-state index in [9.17, 15) is 5.11 Å². The Bertz CT molecular complexity index is 716. The summed E-state index contributed by atoms with van der Waals surface area (Å²) in [6.07, 6.45) is 12.7. The van der Waals surface area contributed by atoms with Crippen molar-refractivity contribution in [2.45, 2.75) is 98.3 Å². The van der Waals surface area contributed by atoms with Gasteiger partial charge in [-0.1, -0.05) is 46.8 Å². The van der Waals surface area contributed by atoms with Gasteiger partial charge in [0.1, 0.15) is 0 Å². The van der Waals surface area contributed by atoms with Gasteiger partial charge in [0.05, 0.1) is 6.10 Å². The van der Waals surface area contributed by atoms with Crippen LogP contribution in [0.5, 0.6) is 0 Å². The fraction of sp³-hybridized carbons (Fsp3) is 0.929. The van der Waals surface area contributed by atoms with Crippen molar-refractivity contribution in [1.82, 2.24) is 10.2 Å². The molecule has 3 heteroatoms. The van der Waals surface area contributed by atoms with Gasteiger partial charge in [-0.3, -0.25) is 0 Å². The van der Waals surface area contributed by atoms with Crippen LogP contribution in [0.4, 0.5) is 0 Å². The maximum absolute atomic E-state index is 11.3. The summed E-state index contributed by atoms with van der Waals surface area (Å²) in [7, 11) is 6.61. The maximum Gasteiger partial charge on any atom is 0.0597 e. The molecule has 0 spiro atoms. The second kappa shape index (κ2) is 7.57. The molecule has 4 aliphatic rings. The lowest BCUT2D eigenvalue weighted by molar-refractivity contribution is -0.150. The van der Waals surface area contributed by atoms with Gasteiger partial charge < -0.3 is 15.3 Å². The highest BCUT2D eigenvalue weighted by molar-refractivity contribution is 5.30. The predicted octanol–water partition coefficient (Wildman–Crippen LogP) is 5.35. The summed E-state index contributed by atoms with van der Waals surface area (Å²) in [4.78, 5) is 2.49. The third-order valence-corrected chi connectivity index (χ3v) is 11.9. The molecular weight excluding hydrogens is 380 g/mol. The van der Waals surface area contributed by atoms with Gasteiger partial charge >= 0.3 is 0 Å². The second-order valence-electron chi connectivity index (χ2n) is 13.1. The van der Waals surface area contributed by atoms with Crippen LogP contribution >= 0.6 is 0 Å². The van der Waals surface area contributed by atoms with Crippen LogP contribution in [0.25, 0.3) is 0 Å². The third-order valence-electron chi connectivity index (χ3n) is 11.9. The van der Waals surface area contributed by atoms with Gasteiger partial charge in [-0.15, -0.1) is 0 Å². The highest BCUT2D eigenvalue weighted by Gasteiger charge is 2.69. The van der Waals surface area contributed by atoms with Crippen molar-refractivity contribution >= 4 is 0 Å². The molecule has 0 aromatic carbocycles. The van der Waals surface area contributed by atoms with E-state index in [-0.39, 0.29) is 22.9 Å². The summed E-state index contributed by atoms with van der Waals surface area (Å²) in [5, 5.41) is 14.8. The summed E-state index contributed by atoms with van der Waals surface area (Å²) >= 11 is 0. The molecule has 0 bridgehead atoms. The van der Waals surface area contributed by atoms with Crippen LogP contribution in [0.3, 0.4) is 0 Å². The first-order valence-electron chi connectivity index (χ1n) is 13.1. The Labute approximate surface area is 192 Å². The van der Waals surface area contributed by atoms with Crippen molar-refractivity contribution in [1.29, 1.82) is 0 Å². The van der Waals surface area contributed by atoms with Crippen molar-refractivity contribution in [2.24, 2.45) is 45.3 Å². The van der Waals surface area contributed by atoms with E-state index in [0.29, 0.717) is 28.8 Å². The lowest BCUT2D eigenvalue weighted by Crippen LogP contribution is -2.62. The Morgan fingerprint density at radius 1 is 1.03 bits per heavy atom. The van der Waals surface area contributed by atoms with Crippen LogP contribution in [-0.2, 0) is 0 Å². The van der Waals surface area contributed by atoms with E-state index in [1.165, 1.54) is 32.1 Å². The van der Waals surface area contributed by atoms with Crippen LogP contribution in [0.15, 0.2) is 12.2 Å². The number of rotatable bonds is 4. The highest BCUT2D eigenvalue weighted by Crippen LogP contribution is 2.73. The number of aliphatic hydroxyl groups excluding tert-OH is 1. The Morgan fingerprint density at radius 3 is 2.26 bits per heavy atom. The average Bonchev–Trinajstić information content (AvgIpc) is 2.91. The van der Waals surface area contributed by atoms with E-state index in [4.69, 9.17) is 0 Å². The zero-order valence-electron chi connectivity index (χ0n) is 21.8. The van der Waals surface area contributed by atoms with Crippen molar-refractivity contribution < 1.29 is 5.11 Å². The molecule has 178 valence electrons. The molecule has 0 heterocycles. The van der Waals surface area contributed by atoms with Gasteiger partial charge in [-0.2, -0.15) is 0 Å². The molecule has 0 aliphatic heterocycles. The van der Waals surface area contributed by atoms with E-state index in [1.54, 1.807) is 0 Å². The Kier molecular flexibility index (Phi) is 5.80. The smallest absolute Gasteiger partial charge is 0.0597 e. The van der Waals surface area contributed by atoms with Gasteiger partial charge in [-0.25, -0.2) is 0 Å². The first-order valence-corrected chi connectivity index (χ1v) is 13.1. The monoisotopic (exact) mass is 430 g/mol. The Hall–Kier alpha value is -0.380. The number of nitrogens with zero attached hydrogens (tertiary/aromatic N) is 1.